The summed E-state index contributed by atoms with van der Waals surface area (Å²) in [6.07, 6.45) is 2.08. The number of carboxylic acid groups (broad SMARTS) is 1. The molecule has 0 radical (unpaired) electrons. The van der Waals surface area contributed by atoms with E-state index >= 15 is 0 Å². The number of hydrogen-bond acceptors (Lipinski definition) is 2. The first-order chi connectivity index (χ1) is 8.95. The third kappa shape index (κ3) is 4.95. The summed E-state index contributed by atoms with van der Waals surface area (Å²) < 4.78 is 1.40. The van der Waals surface area contributed by atoms with Crippen molar-refractivity contribution >= 4 is 43.7 Å². The van der Waals surface area contributed by atoms with Gasteiger partial charge in [-0.25, -0.2) is 4.79 Å². The van der Waals surface area contributed by atoms with Gasteiger partial charge in [0.25, 0.3) is 5.91 Å². The highest BCUT2D eigenvalue weighted by Gasteiger charge is 2.21. The molecule has 1 aromatic carbocycles. The van der Waals surface area contributed by atoms with Crippen molar-refractivity contribution in [2.45, 2.75) is 32.2 Å². The highest BCUT2D eigenvalue weighted by Crippen LogP contribution is 2.21. The summed E-state index contributed by atoms with van der Waals surface area (Å²) >= 11 is 6.57. The topological polar surface area (TPSA) is 66.4 Å². The molecule has 0 saturated carbocycles. The van der Waals surface area contributed by atoms with Gasteiger partial charge in [0.05, 0.1) is 5.56 Å². The smallest absolute Gasteiger partial charge is 0.326 e. The van der Waals surface area contributed by atoms with Gasteiger partial charge in [-0.1, -0.05) is 35.7 Å². The van der Waals surface area contributed by atoms with Gasteiger partial charge in [0.1, 0.15) is 6.04 Å². The largest absolute Gasteiger partial charge is 0.480 e. The van der Waals surface area contributed by atoms with Crippen molar-refractivity contribution in [2.75, 3.05) is 0 Å². The second kappa shape index (κ2) is 7.65. The lowest BCUT2D eigenvalue weighted by atomic mass is 10.1. The van der Waals surface area contributed by atoms with Crippen LogP contribution in [0.2, 0.25) is 0 Å². The Morgan fingerprint density at radius 1 is 1.37 bits per heavy atom. The van der Waals surface area contributed by atoms with E-state index in [-0.39, 0.29) is 0 Å². The van der Waals surface area contributed by atoms with Crippen molar-refractivity contribution in [3.05, 3.63) is 32.7 Å². The molecule has 1 atom stereocenters. The summed E-state index contributed by atoms with van der Waals surface area (Å²) in [5.74, 6) is -1.40. The second-order valence-electron chi connectivity index (χ2n) is 4.13. The molecule has 0 aliphatic rings. The summed E-state index contributed by atoms with van der Waals surface area (Å²) in [6, 6.07) is 4.34. The van der Waals surface area contributed by atoms with Gasteiger partial charge in [0.15, 0.2) is 0 Å². The molecule has 104 valence electrons. The molecule has 0 heterocycles. The van der Waals surface area contributed by atoms with Crippen molar-refractivity contribution in [1.82, 2.24) is 5.32 Å². The van der Waals surface area contributed by atoms with Crippen LogP contribution in [0.4, 0.5) is 0 Å². The molecule has 1 aromatic rings. The first-order valence-electron chi connectivity index (χ1n) is 5.94. The van der Waals surface area contributed by atoms with E-state index in [0.717, 1.165) is 17.3 Å². The van der Waals surface area contributed by atoms with Crippen molar-refractivity contribution < 1.29 is 14.7 Å². The SMILES string of the molecule is CCCCC(NC(=O)c1cc(Br)ccc1Br)C(=O)O. The normalized spacial score (nSPS) is 11.9. The van der Waals surface area contributed by atoms with Crippen molar-refractivity contribution in [1.29, 1.82) is 0 Å². The minimum absolute atomic E-state index is 0.392. The number of rotatable bonds is 6. The van der Waals surface area contributed by atoms with E-state index in [0.29, 0.717) is 16.5 Å². The number of carboxylic acids is 1. The molecule has 0 spiro atoms. The van der Waals surface area contributed by atoms with E-state index in [1.165, 1.54) is 0 Å². The zero-order valence-corrected chi connectivity index (χ0v) is 13.6. The van der Waals surface area contributed by atoms with Gasteiger partial charge in [-0.05, 0) is 40.5 Å². The van der Waals surface area contributed by atoms with Crippen LogP contribution in [0.3, 0.4) is 0 Å². The number of benzene rings is 1. The van der Waals surface area contributed by atoms with Crippen LogP contribution in [0.1, 0.15) is 36.5 Å². The summed E-state index contributed by atoms with van der Waals surface area (Å²) in [4.78, 5) is 23.2. The van der Waals surface area contributed by atoms with Gasteiger partial charge in [-0.2, -0.15) is 0 Å². The van der Waals surface area contributed by atoms with Crippen LogP contribution in [0.25, 0.3) is 0 Å². The minimum Gasteiger partial charge on any atom is -0.480 e. The Kier molecular flexibility index (Phi) is 6.51. The number of hydrogen-bond donors (Lipinski definition) is 2. The van der Waals surface area contributed by atoms with Crippen LogP contribution in [0, 0.1) is 0 Å². The van der Waals surface area contributed by atoms with Gasteiger partial charge in [0.2, 0.25) is 0 Å². The van der Waals surface area contributed by atoms with Crippen molar-refractivity contribution in [3.8, 4) is 0 Å². The summed E-state index contributed by atoms with van der Waals surface area (Å²) in [7, 11) is 0. The maximum absolute atomic E-state index is 12.1. The number of unbranched alkanes of at least 4 members (excludes halogenated alkanes) is 1. The maximum Gasteiger partial charge on any atom is 0.326 e. The molecule has 2 N–H and O–H groups in total. The minimum atomic E-state index is -1.01. The average molecular weight is 393 g/mol. The fourth-order valence-electron chi connectivity index (χ4n) is 1.57. The van der Waals surface area contributed by atoms with E-state index < -0.39 is 17.9 Å². The predicted molar refractivity (Wildman–Crippen MR) is 80.3 cm³/mol. The van der Waals surface area contributed by atoms with Gasteiger partial charge >= 0.3 is 5.97 Å². The molecular weight excluding hydrogens is 378 g/mol. The van der Waals surface area contributed by atoms with Crippen LogP contribution in [-0.4, -0.2) is 23.0 Å². The lowest BCUT2D eigenvalue weighted by molar-refractivity contribution is -0.139. The first kappa shape index (κ1) is 16.2. The summed E-state index contributed by atoms with van der Waals surface area (Å²) in [6.45, 7) is 1.98. The van der Waals surface area contributed by atoms with E-state index in [4.69, 9.17) is 5.11 Å². The highest BCUT2D eigenvalue weighted by atomic mass is 79.9. The molecule has 1 unspecified atom stereocenters. The zero-order valence-electron chi connectivity index (χ0n) is 10.5. The number of carbonyl (C=O) groups is 2. The second-order valence-corrected chi connectivity index (χ2v) is 5.90. The molecular formula is C13H15Br2NO3. The molecule has 0 aliphatic heterocycles. The number of halogens is 2. The molecule has 0 aromatic heterocycles. The Balaban J connectivity index is 2.81. The van der Waals surface area contributed by atoms with Crippen LogP contribution in [0.5, 0.6) is 0 Å². The Morgan fingerprint density at radius 3 is 2.63 bits per heavy atom. The fourth-order valence-corrected chi connectivity index (χ4v) is 2.36. The Labute approximate surface area is 128 Å². The summed E-state index contributed by atoms with van der Waals surface area (Å²) in [5.41, 5.74) is 0.414. The van der Waals surface area contributed by atoms with Gasteiger partial charge in [-0.15, -0.1) is 0 Å². The van der Waals surface area contributed by atoms with Crippen molar-refractivity contribution in [3.63, 3.8) is 0 Å². The monoisotopic (exact) mass is 391 g/mol. The Morgan fingerprint density at radius 2 is 2.05 bits per heavy atom. The number of carbonyl (C=O) groups excluding carboxylic acids is 1. The molecule has 1 rings (SSSR count). The van der Waals surface area contributed by atoms with Crippen molar-refractivity contribution in [2.24, 2.45) is 0 Å². The predicted octanol–water partition coefficient (Wildman–Crippen LogP) is 3.58. The van der Waals surface area contributed by atoms with E-state index in [1.807, 2.05) is 6.92 Å². The molecule has 0 fully saturated rings. The van der Waals surface area contributed by atoms with E-state index in [2.05, 4.69) is 37.2 Å². The van der Waals surface area contributed by atoms with Gasteiger partial charge < -0.3 is 10.4 Å². The Hall–Kier alpha value is -0.880. The number of nitrogens with one attached hydrogen (secondary N) is 1. The van der Waals surface area contributed by atoms with Gasteiger partial charge in [-0.3, -0.25) is 4.79 Å². The fraction of sp³-hybridized carbons (Fsp3) is 0.385. The molecule has 1 amide bonds. The van der Waals surface area contributed by atoms with E-state index in [1.54, 1.807) is 18.2 Å². The zero-order chi connectivity index (χ0) is 14.4. The number of amides is 1. The molecule has 19 heavy (non-hydrogen) atoms. The highest BCUT2D eigenvalue weighted by molar-refractivity contribution is 9.11. The van der Waals surface area contributed by atoms with Gasteiger partial charge in [0, 0.05) is 8.95 Å². The van der Waals surface area contributed by atoms with Crippen LogP contribution in [0.15, 0.2) is 27.1 Å². The first-order valence-corrected chi connectivity index (χ1v) is 7.53. The quantitative estimate of drug-likeness (QED) is 0.777. The third-order valence-electron chi connectivity index (χ3n) is 2.62. The van der Waals surface area contributed by atoms with Crippen LogP contribution in [-0.2, 0) is 4.79 Å². The standard InChI is InChI=1S/C13H15Br2NO3/c1-2-3-4-11(13(18)19)16-12(17)9-7-8(14)5-6-10(9)15/h5-7,11H,2-4H2,1H3,(H,16,17)(H,18,19). The lowest BCUT2D eigenvalue weighted by Gasteiger charge is -2.14. The number of aliphatic carboxylic acids is 1. The molecule has 0 saturated heterocycles. The molecule has 0 aliphatic carbocycles. The van der Waals surface area contributed by atoms with Crippen LogP contribution >= 0.6 is 31.9 Å². The third-order valence-corrected chi connectivity index (χ3v) is 3.81. The van der Waals surface area contributed by atoms with Crippen LogP contribution < -0.4 is 5.32 Å². The Bertz CT molecular complexity index is 477. The average Bonchev–Trinajstić information content (AvgIpc) is 2.36. The summed E-state index contributed by atoms with van der Waals surface area (Å²) in [5, 5.41) is 11.6. The van der Waals surface area contributed by atoms with E-state index in [9.17, 15) is 9.59 Å². The maximum atomic E-state index is 12.1. The molecule has 6 heteroatoms. The lowest BCUT2D eigenvalue weighted by Crippen LogP contribution is -2.40. The molecule has 0 bridgehead atoms. The molecule has 4 nitrogen and oxygen atoms in total.